The summed E-state index contributed by atoms with van der Waals surface area (Å²) in [6.07, 6.45) is 1.20. The second-order valence-corrected chi connectivity index (χ2v) is 5.48. The molecule has 2 rings (SSSR count). The lowest BCUT2D eigenvalue weighted by molar-refractivity contribution is -0.144. The SMILES string of the molecule is CCOC(=O)CC(C)CC(N)c1ccc2c(c1)COC2. The third kappa shape index (κ3) is 3.81. The largest absolute Gasteiger partial charge is 0.466 e. The average Bonchev–Trinajstić information content (AvgIpc) is 2.85. The smallest absolute Gasteiger partial charge is 0.306 e. The third-order valence-electron chi connectivity index (χ3n) is 3.65. The van der Waals surface area contributed by atoms with E-state index in [9.17, 15) is 4.79 Å². The number of hydrogen-bond donors (Lipinski definition) is 1. The van der Waals surface area contributed by atoms with Crippen LogP contribution in [0.2, 0.25) is 0 Å². The number of esters is 1. The van der Waals surface area contributed by atoms with Crippen molar-refractivity contribution in [3.63, 3.8) is 0 Å². The van der Waals surface area contributed by atoms with Crippen molar-refractivity contribution in [3.8, 4) is 0 Å². The molecule has 2 N–H and O–H groups in total. The number of benzene rings is 1. The Labute approximate surface area is 120 Å². The van der Waals surface area contributed by atoms with Crippen LogP contribution in [0.25, 0.3) is 0 Å². The van der Waals surface area contributed by atoms with E-state index in [1.165, 1.54) is 11.1 Å². The van der Waals surface area contributed by atoms with Gasteiger partial charge >= 0.3 is 5.97 Å². The summed E-state index contributed by atoms with van der Waals surface area (Å²) in [5.41, 5.74) is 9.85. The van der Waals surface area contributed by atoms with E-state index >= 15 is 0 Å². The molecule has 20 heavy (non-hydrogen) atoms. The maximum Gasteiger partial charge on any atom is 0.306 e. The number of hydrogen-bond acceptors (Lipinski definition) is 4. The molecule has 1 aliphatic rings. The van der Waals surface area contributed by atoms with Gasteiger partial charge in [-0.15, -0.1) is 0 Å². The minimum absolute atomic E-state index is 0.0506. The van der Waals surface area contributed by atoms with E-state index in [0.717, 1.165) is 12.0 Å². The van der Waals surface area contributed by atoms with Crippen LogP contribution in [0.5, 0.6) is 0 Å². The van der Waals surface area contributed by atoms with Crippen LogP contribution >= 0.6 is 0 Å². The molecule has 0 spiro atoms. The van der Waals surface area contributed by atoms with Crippen LogP contribution in [-0.4, -0.2) is 12.6 Å². The summed E-state index contributed by atoms with van der Waals surface area (Å²) < 4.78 is 10.4. The molecular weight excluding hydrogens is 254 g/mol. The van der Waals surface area contributed by atoms with Gasteiger partial charge < -0.3 is 15.2 Å². The highest BCUT2D eigenvalue weighted by molar-refractivity contribution is 5.69. The quantitative estimate of drug-likeness (QED) is 0.812. The van der Waals surface area contributed by atoms with Crippen LogP contribution in [0.4, 0.5) is 0 Å². The molecule has 0 saturated heterocycles. The zero-order valence-corrected chi connectivity index (χ0v) is 12.2. The van der Waals surface area contributed by atoms with Crippen LogP contribution < -0.4 is 5.73 Å². The van der Waals surface area contributed by atoms with Gasteiger partial charge in [-0.1, -0.05) is 25.1 Å². The Bertz CT molecular complexity index is 473. The molecule has 1 aromatic carbocycles. The van der Waals surface area contributed by atoms with Gasteiger partial charge in [-0.2, -0.15) is 0 Å². The molecule has 0 bridgehead atoms. The van der Waals surface area contributed by atoms with E-state index < -0.39 is 0 Å². The molecule has 0 amide bonds. The summed E-state index contributed by atoms with van der Waals surface area (Å²) in [6.45, 7) is 5.66. The van der Waals surface area contributed by atoms with Crippen molar-refractivity contribution >= 4 is 5.97 Å². The molecule has 0 aliphatic carbocycles. The monoisotopic (exact) mass is 277 g/mol. The van der Waals surface area contributed by atoms with Gasteiger partial charge in [0.1, 0.15) is 0 Å². The van der Waals surface area contributed by atoms with Gasteiger partial charge in [0, 0.05) is 12.5 Å². The van der Waals surface area contributed by atoms with E-state index in [1.54, 1.807) is 0 Å². The Morgan fingerprint density at radius 1 is 1.40 bits per heavy atom. The van der Waals surface area contributed by atoms with Gasteiger partial charge in [-0.3, -0.25) is 4.79 Å². The first-order chi connectivity index (χ1) is 9.60. The van der Waals surface area contributed by atoms with Crippen LogP contribution in [0.1, 0.15) is 49.4 Å². The van der Waals surface area contributed by atoms with Crippen molar-refractivity contribution < 1.29 is 14.3 Å². The Morgan fingerprint density at radius 2 is 2.15 bits per heavy atom. The number of rotatable bonds is 6. The van der Waals surface area contributed by atoms with Crippen LogP contribution in [0, 0.1) is 5.92 Å². The molecule has 1 heterocycles. The highest BCUT2D eigenvalue weighted by Crippen LogP contribution is 2.26. The van der Waals surface area contributed by atoms with Gasteiger partial charge in [0.05, 0.1) is 19.8 Å². The fourth-order valence-electron chi connectivity index (χ4n) is 2.58. The minimum Gasteiger partial charge on any atom is -0.466 e. The van der Waals surface area contributed by atoms with Gasteiger partial charge in [-0.25, -0.2) is 0 Å². The molecule has 4 nitrogen and oxygen atoms in total. The Hall–Kier alpha value is -1.39. The fraction of sp³-hybridized carbons (Fsp3) is 0.562. The topological polar surface area (TPSA) is 61.5 Å². The molecule has 0 saturated carbocycles. The molecule has 2 atom stereocenters. The second-order valence-electron chi connectivity index (χ2n) is 5.48. The van der Waals surface area contributed by atoms with E-state index in [4.69, 9.17) is 15.2 Å². The first-order valence-electron chi connectivity index (χ1n) is 7.20. The first-order valence-corrected chi connectivity index (χ1v) is 7.20. The molecule has 0 aromatic heterocycles. The second kappa shape index (κ2) is 6.86. The van der Waals surface area contributed by atoms with Gasteiger partial charge in [0.2, 0.25) is 0 Å². The normalized spacial score (nSPS) is 16.6. The van der Waals surface area contributed by atoms with Crippen molar-refractivity contribution in [1.82, 2.24) is 0 Å². The Balaban J connectivity index is 1.91. The summed E-state index contributed by atoms with van der Waals surface area (Å²) in [5.74, 6) is 0.0723. The zero-order chi connectivity index (χ0) is 14.5. The lowest BCUT2D eigenvalue weighted by Gasteiger charge is -2.17. The van der Waals surface area contributed by atoms with Crippen molar-refractivity contribution in [3.05, 3.63) is 34.9 Å². The van der Waals surface area contributed by atoms with Crippen LogP contribution in [-0.2, 0) is 27.5 Å². The molecule has 0 radical (unpaired) electrons. The average molecular weight is 277 g/mol. The highest BCUT2D eigenvalue weighted by Gasteiger charge is 2.17. The number of nitrogens with two attached hydrogens (primary N) is 1. The summed E-state index contributed by atoms with van der Waals surface area (Å²) >= 11 is 0. The van der Waals surface area contributed by atoms with E-state index in [-0.39, 0.29) is 17.9 Å². The summed E-state index contributed by atoms with van der Waals surface area (Å²) in [6, 6.07) is 6.23. The maximum atomic E-state index is 11.4. The summed E-state index contributed by atoms with van der Waals surface area (Å²) in [5, 5.41) is 0. The van der Waals surface area contributed by atoms with Gasteiger partial charge in [-0.05, 0) is 36.0 Å². The lowest BCUT2D eigenvalue weighted by Crippen LogP contribution is -2.17. The number of ether oxygens (including phenoxy) is 2. The molecule has 1 aromatic rings. The van der Waals surface area contributed by atoms with Crippen molar-refractivity contribution in [2.75, 3.05) is 6.61 Å². The van der Waals surface area contributed by atoms with Crippen LogP contribution in [0.15, 0.2) is 18.2 Å². The molecule has 0 fully saturated rings. The van der Waals surface area contributed by atoms with Crippen LogP contribution in [0.3, 0.4) is 0 Å². The van der Waals surface area contributed by atoms with E-state index in [0.29, 0.717) is 26.2 Å². The molecule has 1 aliphatic heterocycles. The Kier molecular flexibility index (Phi) is 5.15. The number of carbonyl (C=O) groups is 1. The third-order valence-corrected chi connectivity index (χ3v) is 3.65. The fourth-order valence-corrected chi connectivity index (χ4v) is 2.58. The van der Waals surface area contributed by atoms with E-state index in [2.05, 4.69) is 18.2 Å². The molecule has 110 valence electrons. The minimum atomic E-state index is -0.144. The first kappa shape index (κ1) is 15.0. The predicted molar refractivity (Wildman–Crippen MR) is 76.9 cm³/mol. The number of fused-ring (bicyclic) bond motifs is 1. The highest BCUT2D eigenvalue weighted by atomic mass is 16.5. The zero-order valence-electron chi connectivity index (χ0n) is 12.2. The summed E-state index contributed by atoms with van der Waals surface area (Å²) in [7, 11) is 0. The number of carbonyl (C=O) groups excluding carboxylic acids is 1. The standard InChI is InChI=1S/C16H23NO3/c1-3-20-16(18)7-11(2)6-15(17)12-4-5-13-9-19-10-14(13)8-12/h4-5,8,11,15H,3,6-7,9-10,17H2,1-2H3. The van der Waals surface area contributed by atoms with E-state index in [1.807, 2.05) is 13.8 Å². The summed E-state index contributed by atoms with van der Waals surface area (Å²) in [4.78, 5) is 11.4. The maximum absolute atomic E-state index is 11.4. The van der Waals surface area contributed by atoms with Gasteiger partial charge in [0.25, 0.3) is 0 Å². The van der Waals surface area contributed by atoms with Gasteiger partial charge in [0.15, 0.2) is 0 Å². The molecule has 2 unspecified atom stereocenters. The van der Waals surface area contributed by atoms with Crippen molar-refractivity contribution in [2.45, 2.75) is 45.9 Å². The molecule has 4 heteroatoms. The van der Waals surface area contributed by atoms with Crippen molar-refractivity contribution in [1.29, 1.82) is 0 Å². The predicted octanol–water partition coefficient (Wildman–Crippen LogP) is 2.70. The molecular formula is C16H23NO3. The van der Waals surface area contributed by atoms with Crippen molar-refractivity contribution in [2.24, 2.45) is 11.7 Å². The lowest BCUT2D eigenvalue weighted by atomic mass is 9.93. The Morgan fingerprint density at radius 3 is 2.90 bits per heavy atom.